The van der Waals surface area contributed by atoms with Gasteiger partial charge in [0, 0.05) is 0 Å². The van der Waals surface area contributed by atoms with Crippen LogP contribution < -0.4 is 10.5 Å². The zero-order chi connectivity index (χ0) is 13.8. The molecule has 0 amide bonds. The normalized spacial score (nSPS) is 17.1. The largest absolute Gasteiger partial charge is 0.493 e. The molecule has 1 saturated carbocycles. The molecular formula is C17H27NO. The summed E-state index contributed by atoms with van der Waals surface area (Å²) < 4.78 is 6.10. The minimum atomic E-state index is 0.473. The molecule has 2 heteroatoms. The topological polar surface area (TPSA) is 35.2 Å². The SMILES string of the molecule is Cc1cc(OCC2CCC2)c(C(C)CCN)cc1C. The highest BCUT2D eigenvalue weighted by atomic mass is 16.5. The average molecular weight is 261 g/mol. The van der Waals surface area contributed by atoms with Crippen LogP contribution in [0.15, 0.2) is 12.1 Å². The van der Waals surface area contributed by atoms with E-state index in [1.165, 1.54) is 36.0 Å². The van der Waals surface area contributed by atoms with Gasteiger partial charge in [0.2, 0.25) is 0 Å². The van der Waals surface area contributed by atoms with Gasteiger partial charge in [0.25, 0.3) is 0 Å². The average Bonchev–Trinajstić information content (AvgIpc) is 2.31. The molecule has 0 aromatic heterocycles. The molecule has 1 aromatic carbocycles. The molecule has 2 N–H and O–H groups in total. The van der Waals surface area contributed by atoms with Crippen LogP contribution in [0.4, 0.5) is 0 Å². The highest BCUT2D eigenvalue weighted by Crippen LogP contribution is 2.33. The Labute approximate surface area is 117 Å². The molecule has 0 heterocycles. The summed E-state index contributed by atoms with van der Waals surface area (Å²) in [6, 6.07) is 4.49. The molecule has 1 fully saturated rings. The van der Waals surface area contributed by atoms with Gasteiger partial charge in [-0.05, 0) is 74.2 Å². The van der Waals surface area contributed by atoms with E-state index in [1.807, 2.05) is 0 Å². The Hall–Kier alpha value is -1.02. The van der Waals surface area contributed by atoms with Crippen molar-refractivity contribution in [2.45, 2.75) is 52.4 Å². The molecule has 106 valence electrons. The van der Waals surface area contributed by atoms with Crippen molar-refractivity contribution >= 4 is 0 Å². The Balaban J connectivity index is 2.14. The van der Waals surface area contributed by atoms with Crippen LogP contribution >= 0.6 is 0 Å². The molecule has 0 bridgehead atoms. The number of benzene rings is 1. The number of nitrogens with two attached hydrogens (primary N) is 1. The number of ether oxygens (including phenoxy) is 1. The summed E-state index contributed by atoms with van der Waals surface area (Å²) >= 11 is 0. The fraction of sp³-hybridized carbons (Fsp3) is 0.647. The minimum absolute atomic E-state index is 0.473. The van der Waals surface area contributed by atoms with Crippen molar-refractivity contribution < 1.29 is 4.74 Å². The van der Waals surface area contributed by atoms with Crippen LogP contribution in [0, 0.1) is 19.8 Å². The van der Waals surface area contributed by atoms with Gasteiger partial charge in [-0.25, -0.2) is 0 Å². The van der Waals surface area contributed by atoms with Gasteiger partial charge < -0.3 is 10.5 Å². The Morgan fingerprint density at radius 1 is 1.26 bits per heavy atom. The van der Waals surface area contributed by atoms with Gasteiger partial charge in [-0.3, -0.25) is 0 Å². The van der Waals surface area contributed by atoms with Crippen molar-refractivity contribution in [1.82, 2.24) is 0 Å². The Morgan fingerprint density at radius 2 is 1.95 bits per heavy atom. The smallest absolute Gasteiger partial charge is 0.123 e. The summed E-state index contributed by atoms with van der Waals surface area (Å²) in [5.41, 5.74) is 9.68. The van der Waals surface area contributed by atoms with Crippen LogP contribution in [0.2, 0.25) is 0 Å². The molecule has 19 heavy (non-hydrogen) atoms. The van der Waals surface area contributed by atoms with E-state index in [9.17, 15) is 0 Å². The lowest BCUT2D eigenvalue weighted by molar-refractivity contribution is 0.179. The molecule has 0 aliphatic heterocycles. The standard InChI is InChI=1S/C17H27NO/c1-12(7-8-18)16-9-13(2)14(3)10-17(16)19-11-15-5-4-6-15/h9-10,12,15H,4-8,11,18H2,1-3H3. The summed E-state index contributed by atoms with van der Waals surface area (Å²) in [4.78, 5) is 0. The van der Waals surface area contributed by atoms with Crippen LogP contribution in [-0.4, -0.2) is 13.2 Å². The first-order valence-electron chi connectivity index (χ1n) is 7.55. The maximum atomic E-state index is 6.10. The second-order valence-corrected chi connectivity index (χ2v) is 6.06. The maximum Gasteiger partial charge on any atom is 0.123 e. The number of hydrogen-bond donors (Lipinski definition) is 1. The van der Waals surface area contributed by atoms with Gasteiger partial charge in [0.1, 0.15) is 5.75 Å². The van der Waals surface area contributed by atoms with Crippen LogP contribution in [0.25, 0.3) is 0 Å². The second kappa shape index (κ2) is 6.42. The van der Waals surface area contributed by atoms with Gasteiger partial charge in [0.05, 0.1) is 6.61 Å². The summed E-state index contributed by atoms with van der Waals surface area (Å²) in [5, 5.41) is 0. The van der Waals surface area contributed by atoms with E-state index in [-0.39, 0.29) is 0 Å². The van der Waals surface area contributed by atoms with Gasteiger partial charge >= 0.3 is 0 Å². The third-order valence-corrected chi connectivity index (χ3v) is 4.46. The lowest BCUT2D eigenvalue weighted by Gasteiger charge is -2.27. The third kappa shape index (κ3) is 3.50. The molecule has 0 radical (unpaired) electrons. The molecule has 1 atom stereocenters. The zero-order valence-corrected chi connectivity index (χ0v) is 12.5. The Morgan fingerprint density at radius 3 is 2.53 bits per heavy atom. The van der Waals surface area contributed by atoms with Crippen LogP contribution in [0.1, 0.15) is 55.2 Å². The summed E-state index contributed by atoms with van der Waals surface area (Å²) in [6.07, 6.45) is 5.05. The van der Waals surface area contributed by atoms with Crippen molar-refractivity contribution in [2.24, 2.45) is 11.7 Å². The highest BCUT2D eigenvalue weighted by Gasteiger charge is 2.19. The predicted octanol–water partition coefficient (Wildman–Crippen LogP) is 3.93. The first kappa shape index (κ1) is 14.4. The second-order valence-electron chi connectivity index (χ2n) is 6.06. The van der Waals surface area contributed by atoms with Crippen LogP contribution in [0.3, 0.4) is 0 Å². The van der Waals surface area contributed by atoms with E-state index >= 15 is 0 Å². The lowest BCUT2D eigenvalue weighted by Crippen LogP contribution is -2.20. The monoisotopic (exact) mass is 261 g/mol. The maximum absolute atomic E-state index is 6.10. The molecule has 2 nitrogen and oxygen atoms in total. The van der Waals surface area contributed by atoms with Crippen molar-refractivity contribution in [2.75, 3.05) is 13.2 Å². The molecule has 1 aliphatic carbocycles. The van der Waals surface area contributed by atoms with E-state index < -0.39 is 0 Å². The molecule has 1 unspecified atom stereocenters. The third-order valence-electron chi connectivity index (χ3n) is 4.46. The Bertz CT molecular complexity index is 424. The summed E-state index contributed by atoms with van der Waals surface area (Å²) in [6.45, 7) is 8.18. The van der Waals surface area contributed by atoms with Gasteiger partial charge in [-0.2, -0.15) is 0 Å². The lowest BCUT2D eigenvalue weighted by atomic mass is 9.86. The van der Waals surface area contributed by atoms with Gasteiger partial charge in [0.15, 0.2) is 0 Å². The molecule has 0 spiro atoms. The fourth-order valence-electron chi connectivity index (χ4n) is 2.59. The fourth-order valence-corrected chi connectivity index (χ4v) is 2.59. The van der Waals surface area contributed by atoms with E-state index in [0.717, 1.165) is 31.2 Å². The van der Waals surface area contributed by atoms with E-state index in [1.54, 1.807) is 0 Å². The first-order valence-corrected chi connectivity index (χ1v) is 7.55. The van der Waals surface area contributed by atoms with E-state index in [0.29, 0.717) is 5.92 Å². The van der Waals surface area contributed by atoms with Gasteiger partial charge in [-0.1, -0.05) is 19.4 Å². The Kier molecular flexibility index (Phi) is 4.87. The summed E-state index contributed by atoms with van der Waals surface area (Å²) in [5.74, 6) is 2.33. The van der Waals surface area contributed by atoms with Crippen molar-refractivity contribution in [3.63, 3.8) is 0 Å². The quantitative estimate of drug-likeness (QED) is 0.842. The predicted molar refractivity (Wildman–Crippen MR) is 80.8 cm³/mol. The zero-order valence-electron chi connectivity index (χ0n) is 12.5. The number of hydrogen-bond acceptors (Lipinski definition) is 2. The molecule has 2 rings (SSSR count). The van der Waals surface area contributed by atoms with Gasteiger partial charge in [-0.15, -0.1) is 0 Å². The highest BCUT2D eigenvalue weighted by molar-refractivity contribution is 5.43. The van der Waals surface area contributed by atoms with E-state index in [4.69, 9.17) is 10.5 Å². The van der Waals surface area contributed by atoms with Crippen molar-refractivity contribution in [3.8, 4) is 5.75 Å². The van der Waals surface area contributed by atoms with Crippen molar-refractivity contribution in [3.05, 3.63) is 28.8 Å². The number of aryl methyl sites for hydroxylation is 2. The van der Waals surface area contributed by atoms with Crippen molar-refractivity contribution in [1.29, 1.82) is 0 Å². The molecule has 0 saturated heterocycles. The molecular weight excluding hydrogens is 234 g/mol. The number of rotatable bonds is 6. The van der Waals surface area contributed by atoms with Crippen LogP contribution in [0.5, 0.6) is 5.75 Å². The summed E-state index contributed by atoms with van der Waals surface area (Å²) in [7, 11) is 0. The minimum Gasteiger partial charge on any atom is -0.493 e. The molecule has 1 aromatic rings. The molecule has 1 aliphatic rings. The van der Waals surface area contributed by atoms with E-state index in [2.05, 4.69) is 32.9 Å². The first-order chi connectivity index (χ1) is 9.11. The van der Waals surface area contributed by atoms with Crippen LogP contribution in [-0.2, 0) is 0 Å².